The summed E-state index contributed by atoms with van der Waals surface area (Å²) < 4.78 is 38.7. The average molecular weight is 241 g/mol. The molecule has 2 nitrogen and oxygen atoms in total. The number of nitrogens with one attached hydrogen (secondary N) is 1. The smallest absolute Gasteiger partial charge is 0.353 e. The van der Waals surface area contributed by atoms with Gasteiger partial charge in [0.1, 0.15) is 0 Å². The van der Waals surface area contributed by atoms with E-state index < -0.39 is 12.2 Å². The molecule has 1 atom stereocenters. The fourth-order valence-corrected chi connectivity index (χ4v) is 2.57. The zero-order chi connectivity index (χ0) is 12.0. The second kappa shape index (κ2) is 3.50. The molecule has 0 aliphatic carbocycles. The number of hydrogen-bond donors (Lipinski definition) is 2. The highest BCUT2D eigenvalue weighted by Gasteiger charge is 2.48. The highest BCUT2D eigenvalue weighted by Crippen LogP contribution is 2.35. The monoisotopic (exact) mass is 241 g/mol. The first-order valence-electron chi connectivity index (χ1n) is 5.57. The number of quaternary nitrogens is 1. The number of H-pyrrole nitrogens is 1. The minimum Gasteiger partial charge on any atom is -0.353 e. The van der Waals surface area contributed by atoms with Gasteiger partial charge >= 0.3 is 6.18 Å². The minimum absolute atomic E-state index is 0.324. The SMILES string of the molecule is FC(F)(F)[C@H]1[NH2+]CCc2c1[nH]c1ccccc21. The first-order chi connectivity index (χ1) is 8.07. The molecule has 0 spiro atoms. The number of aromatic nitrogens is 1. The lowest BCUT2D eigenvalue weighted by atomic mass is 9.99. The topological polar surface area (TPSA) is 32.4 Å². The zero-order valence-electron chi connectivity index (χ0n) is 9.01. The third-order valence-electron chi connectivity index (χ3n) is 3.31. The van der Waals surface area contributed by atoms with Crippen molar-refractivity contribution in [2.45, 2.75) is 18.6 Å². The minimum atomic E-state index is -4.20. The number of halogens is 3. The van der Waals surface area contributed by atoms with Crippen LogP contribution in [0.4, 0.5) is 13.2 Å². The molecule has 1 aliphatic heterocycles. The Morgan fingerprint density at radius 3 is 2.76 bits per heavy atom. The fraction of sp³-hybridized carbons (Fsp3) is 0.333. The standard InChI is InChI=1S/C12H11F3N2/c13-12(14,15)11-10-8(5-6-16-11)7-3-1-2-4-9(7)17-10/h1-4,11,16-17H,5-6H2/p+1/t11-/m0/s1. The van der Waals surface area contributed by atoms with Gasteiger partial charge in [0.05, 0.1) is 12.2 Å². The number of para-hydroxylation sites is 1. The van der Waals surface area contributed by atoms with Gasteiger partial charge in [0.2, 0.25) is 6.04 Å². The summed E-state index contributed by atoms with van der Waals surface area (Å²) in [5.41, 5.74) is 1.94. The van der Waals surface area contributed by atoms with E-state index >= 15 is 0 Å². The molecule has 17 heavy (non-hydrogen) atoms. The van der Waals surface area contributed by atoms with Gasteiger partial charge in [-0.15, -0.1) is 0 Å². The number of benzene rings is 1. The molecule has 1 aromatic carbocycles. The molecule has 0 fully saturated rings. The van der Waals surface area contributed by atoms with Crippen LogP contribution in [0.2, 0.25) is 0 Å². The lowest BCUT2D eigenvalue weighted by molar-refractivity contribution is -0.724. The van der Waals surface area contributed by atoms with Gasteiger partial charge in [-0.2, -0.15) is 13.2 Å². The van der Waals surface area contributed by atoms with E-state index in [2.05, 4.69) is 4.98 Å². The molecule has 0 saturated carbocycles. The summed E-state index contributed by atoms with van der Waals surface area (Å²) in [6.45, 7) is 0.485. The lowest BCUT2D eigenvalue weighted by Gasteiger charge is -2.22. The second-order valence-corrected chi connectivity index (χ2v) is 4.36. The summed E-state index contributed by atoms with van der Waals surface area (Å²) >= 11 is 0. The summed E-state index contributed by atoms with van der Waals surface area (Å²) in [5.74, 6) is 0. The van der Waals surface area contributed by atoms with Crippen LogP contribution in [0.15, 0.2) is 24.3 Å². The number of hydrogen-bond acceptors (Lipinski definition) is 0. The van der Waals surface area contributed by atoms with Crippen LogP contribution in [0.25, 0.3) is 10.9 Å². The molecule has 3 rings (SSSR count). The summed E-state index contributed by atoms with van der Waals surface area (Å²) in [7, 11) is 0. The van der Waals surface area contributed by atoms with Gasteiger partial charge in [-0.25, -0.2) is 0 Å². The summed E-state index contributed by atoms with van der Waals surface area (Å²) in [6.07, 6.45) is -3.51. The van der Waals surface area contributed by atoms with Crippen molar-refractivity contribution in [1.29, 1.82) is 0 Å². The maximum absolute atomic E-state index is 12.9. The van der Waals surface area contributed by atoms with Gasteiger partial charge < -0.3 is 10.3 Å². The largest absolute Gasteiger partial charge is 0.447 e. The summed E-state index contributed by atoms with van der Waals surface area (Å²) in [6, 6.07) is 5.94. The van der Waals surface area contributed by atoms with Gasteiger partial charge in [-0.3, -0.25) is 0 Å². The van der Waals surface area contributed by atoms with E-state index in [-0.39, 0.29) is 0 Å². The normalized spacial score (nSPS) is 20.5. The van der Waals surface area contributed by atoms with Gasteiger partial charge in [-0.1, -0.05) is 18.2 Å². The van der Waals surface area contributed by atoms with Gasteiger partial charge in [-0.05, 0) is 11.6 Å². The van der Waals surface area contributed by atoms with Crippen molar-refractivity contribution in [2.24, 2.45) is 0 Å². The Kier molecular flexibility index (Phi) is 2.19. The van der Waals surface area contributed by atoms with Crippen molar-refractivity contribution in [1.82, 2.24) is 4.98 Å². The van der Waals surface area contributed by atoms with E-state index in [1.807, 2.05) is 24.3 Å². The third kappa shape index (κ3) is 1.61. The quantitative estimate of drug-likeness (QED) is 0.706. The number of alkyl halides is 3. The summed E-state index contributed by atoms with van der Waals surface area (Å²) in [5, 5.41) is 2.28. The number of nitrogens with two attached hydrogens (primary N) is 1. The molecule has 3 N–H and O–H groups in total. The Morgan fingerprint density at radius 2 is 2.00 bits per heavy atom. The van der Waals surface area contributed by atoms with Crippen molar-refractivity contribution in [2.75, 3.05) is 6.54 Å². The molecule has 2 heterocycles. The van der Waals surface area contributed by atoms with Gasteiger partial charge in [0, 0.05) is 17.3 Å². The van der Waals surface area contributed by atoms with E-state index in [4.69, 9.17) is 0 Å². The van der Waals surface area contributed by atoms with Crippen LogP contribution >= 0.6 is 0 Å². The van der Waals surface area contributed by atoms with Crippen molar-refractivity contribution in [3.63, 3.8) is 0 Å². The average Bonchev–Trinajstić information content (AvgIpc) is 2.65. The van der Waals surface area contributed by atoms with E-state index in [1.165, 1.54) is 5.32 Å². The lowest BCUT2D eigenvalue weighted by Crippen LogP contribution is -2.89. The molecule has 0 saturated heterocycles. The molecule has 5 heteroatoms. The van der Waals surface area contributed by atoms with E-state index in [1.54, 1.807) is 0 Å². The van der Waals surface area contributed by atoms with Crippen LogP contribution < -0.4 is 5.32 Å². The van der Waals surface area contributed by atoms with Crippen LogP contribution in [0.5, 0.6) is 0 Å². The number of fused-ring (bicyclic) bond motifs is 3. The van der Waals surface area contributed by atoms with Crippen molar-refractivity contribution >= 4 is 10.9 Å². The molecule has 0 unspecified atom stereocenters. The molecule has 0 radical (unpaired) electrons. The Balaban J connectivity index is 2.21. The Morgan fingerprint density at radius 1 is 1.24 bits per heavy atom. The van der Waals surface area contributed by atoms with Crippen LogP contribution in [0, 0.1) is 0 Å². The number of aromatic amines is 1. The van der Waals surface area contributed by atoms with Crippen molar-refractivity contribution in [3.8, 4) is 0 Å². The zero-order valence-corrected chi connectivity index (χ0v) is 9.01. The van der Waals surface area contributed by atoms with E-state index in [9.17, 15) is 13.2 Å². The Bertz CT molecular complexity index is 556. The van der Waals surface area contributed by atoms with Crippen LogP contribution in [0.1, 0.15) is 17.3 Å². The molecular weight excluding hydrogens is 229 g/mol. The van der Waals surface area contributed by atoms with Gasteiger partial charge in [0.15, 0.2) is 0 Å². The molecule has 90 valence electrons. The molecule has 2 aromatic rings. The van der Waals surface area contributed by atoms with Crippen LogP contribution in [-0.4, -0.2) is 17.7 Å². The molecule has 0 bridgehead atoms. The Hall–Kier alpha value is -1.49. The van der Waals surface area contributed by atoms with Crippen LogP contribution in [0.3, 0.4) is 0 Å². The molecule has 0 amide bonds. The van der Waals surface area contributed by atoms with Crippen molar-refractivity contribution < 1.29 is 18.5 Å². The number of rotatable bonds is 0. The first kappa shape index (κ1) is 10.7. The molecule has 1 aliphatic rings. The van der Waals surface area contributed by atoms with E-state index in [0.717, 1.165) is 16.5 Å². The highest BCUT2D eigenvalue weighted by atomic mass is 19.4. The maximum atomic E-state index is 12.9. The molecule has 1 aromatic heterocycles. The predicted octanol–water partition coefficient (Wildman–Crippen LogP) is 1.89. The van der Waals surface area contributed by atoms with E-state index in [0.29, 0.717) is 18.7 Å². The predicted molar refractivity (Wildman–Crippen MR) is 57.6 cm³/mol. The maximum Gasteiger partial charge on any atom is 0.447 e. The fourth-order valence-electron chi connectivity index (χ4n) is 2.57. The van der Waals surface area contributed by atoms with Gasteiger partial charge in [0.25, 0.3) is 0 Å². The second-order valence-electron chi connectivity index (χ2n) is 4.36. The molecular formula is C12H12F3N2+. The third-order valence-corrected chi connectivity index (χ3v) is 3.31. The summed E-state index contributed by atoms with van der Waals surface area (Å²) in [4.78, 5) is 2.92. The van der Waals surface area contributed by atoms with Crippen LogP contribution in [-0.2, 0) is 6.42 Å². The highest BCUT2D eigenvalue weighted by molar-refractivity contribution is 5.84. The Labute approximate surface area is 95.8 Å². The first-order valence-corrected chi connectivity index (χ1v) is 5.57. The van der Waals surface area contributed by atoms with Crippen molar-refractivity contribution in [3.05, 3.63) is 35.5 Å².